The smallest absolute Gasteiger partial charge is 0.323 e. The molecule has 0 bridgehead atoms. The van der Waals surface area contributed by atoms with Gasteiger partial charge in [0.2, 0.25) is 0 Å². The van der Waals surface area contributed by atoms with E-state index < -0.39 is 6.03 Å². The molecule has 6 nitrogen and oxygen atoms in total. The Kier molecular flexibility index (Phi) is 8.16. The minimum atomic E-state index is -0.504. The molecule has 4 rings (SSSR count). The van der Waals surface area contributed by atoms with Gasteiger partial charge in [0.1, 0.15) is 0 Å². The predicted molar refractivity (Wildman–Crippen MR) is 144 cm³/mol. The average molecular weight is 511 g/mol. The maximum Gasteiger partial charge on any atom is 0.323 e. The van der Waals surface area contributed by atoms with Gasteiger partial charge in [-0.3, -0.25) is 4.79 Å². The van der Waals surface area contributed by atoms with Crippen LogP contribution in [-0.4, -0.2) is 25.0 Å². The molecule has 0 spiro atoms. The van der Waals surface area contributed by atoms with E-state index in [0.29, 0.717) is 39.4 Å². The molecule has 1 heterocycles. The second-order valence-electron chi connectivity index (χ2n) is 8.75. The number of hydrogen-bond donors (Lipinski definition) is 3. The molecule has 0 aromatic heterocycles. The first-order valence-electron chi connectivity index (χ1n) is 11.6. The van der Waals surface area contributed by atoms with Gasteiger partial charge in [-0.15, -0.1) is 0 Å². The number of carbonyl (C=O) groups excluding carboxylic acids is 2. The van der Waals surface area contributed by atoms with Gasteiger partial charge in [-0.25, -0.2) is 4.79 Å². The van der Waals surface area contributed by atoms with Gasteiger partial charge >= 0.3 is 6.03 Å². The Bertz CT molecular complexity index is 1170. The predicted octanol–water partition coefficient (Wildman–Crippen LogP) is 6.80. The number of benzene rings is 3. The molecular weight excluding hydrogens is 483 g/mol. The number of anilines is 3. The van der Waals surface area contributed by atoms with Crippen molar-refractivity contribution in [2.45, 2.75) is 26.3 Å². The summed E-state index contributed by atoms with van der Waals surface area (Å²) in [5, 5.41) is 9.15. The molecule has 3 amide bonds. The quantitative estimate of drug-likeness (QED) is 0.341. The van der Waals surface area contributed by atoms with Crippen molar-refractivity contribution in [3.63, 3.8) is 0 Å². The van der Waals surface area contributed by atoms with Crippen LogP contribution in [0.1, 0.15) is 35.7 Å². The second kappa shape index (κ2) is 11.5. The lowest BCUT2D eigenvalue weighted by Crippen LogP contribution is -2.35. The van der Waals surface area contributed by atoms with E-state index in [1.54, 1.807) is 30.3 Å². The molecular formula is C27H28Cl2N4O2. The van der Waals surface area contributed by atoms with E-state index >= 15 is 0 Å². The van der Waals surface area contributed by atoms with Crippen LogP contribution in [0.3, 0.4) is 0 Å². The molecule has 0 atom stereocenters. The van der Waals surface area contributed by atoms with E-state index in [9.17, 15) is 9.59 Å². The number of rotatable bonds is 6. The SMILES string of the molecule is CC1CCN(c2ccc(NC(=O)Nc3c(Cl)cccc3Cl)cc2C(=O)NCc2ccccc2)CC1. The van der Waals surface area contributed by atoms with E-state index in [-0.39, 0.29) is 5.91 Å². The molecule has 1 aliphatic rings. The number of amides is 3. The Balaban J connectivity index is 1.54. The number of nitrogens with zero attached hydrogens (tertiary/aromatic N) is 1. The number of piperidine rings is 1. The molecule has 0 radical (unpaired) electrons. The van der Waals surface area contributed by atoms with E-state index in [1.807, 2.05) is 36.4 Å². The molecule has 1 saturated heterocycles. The number of nitrogens with one attached hydrogen (secondary N) is 3. The van der Waals surface area contributed by atoms with Gasteiger partial charge in [0.15, 0.2) is 0 Å². The summed E-state index contributed by atoms with van der Waals surface area (Å²) in [6, 6.07) is 19.7. The molecule has 3 aromatic carbocycles. The average Bonchev–Trinajstić information content (AvgIpc) is 2.86. The van der Waals surface area contributed by atoms with Crippen LogP contribution in [0, 0.1) is 5.92 Å². The van der Waals surface area contributed by atoms with Gasteiger partial charge in [-0.2, -0.15) is 0 Å². The van der Waals surface area contributed by atoms with Crippen molar-refractivity contribution >= 4 is 52.2 Å². The molecule has 0 saturated carbocycles. The minimum absolute atomic E-state index is 0.194. The fourth-order valence-corrected chi connectivity index (χ4v) is 4.58. The number of para-hydroxylation sites is 1. The molecule has 3 N–H and O–H groups in total. The van der Waals surface area contributed by atoms with Gasteiger partial charge in [-0.1, -0.05) is 66.5 Å². The lowest BCUT2D eigenvalue weighted by atomic mass is 9.97. The number of urea groups is 1. The van der Waals surface area contributed by atoms with Gasteiger partial charge in [0, 0.05) is 31.0 Å². The maximum absolute atomic E-state index is 13.3. The summed E-state index contributed by atoms with van der Waals surface area (Å²) in [5.74, 6) is 0.476. The highest BCUT2D eigenvalue weighted by Gasteiger charge is 2.22. The van der Waals surface area contributed by atoms with E-state index in [4.69, 9.17) is 23.2 Å². The fraction of sp³-hybridized carbons (Fsp3) is 0.259. The molecule has 1 fully saturated rings. The van der Waals surface area contributed by atoms with Crippen LogP contribution in [0.25, 0.3) is 0 Å². The van der Waals surface area contributed by atoms with E-state index in [2.05, 4.69) is 27.8 Å². The minimum Gasteiger partial charge on any atom is -0.371 e. The molecule has 8 heteroatoms. The first-order chi connectivity index (χ1) is 16.9. The summed E-state index contributed by atoms with van der Waals surface area (Å²) in [4.78, 5) is 28.2. The van der Waals surface area contributed by atoms with Crippen LogP contribution >= 0.6 is 23.2 Å². The first-order valence-corrected chi connectivity index (χ1v) is 12.4. The lowest BCUT2D eigenvalue weighted by molar-refractivity contribution is 0.0951. The molecule has 0 aliphatic carbocycles. The van der Waals surface area contributed by atoms with Crippen LogP contribution in [0.2, 0.25) is 10.0 Å². The largest absolute Gasteiger partial charge is 0.371 e. The Hall–Kier alpha value is -3.22. The summed E-state index contributed by atoms with van der Waals surface area (Å²) in [5.41, 5.74) is 3.21. The standard InChI is InChI=1S/C27H28Cl2N4O2/c1-18-12-14-33(15-13-18)24-11-10-20(31-27(35)32-25-22(28)8-5-9-23(25)29)16-21(24)26(34)30-17-19-6-3-2-4-7-19/h2-11,16,18H,12-15,17H2,1H3,(H,30,34)(H2,31,32,35). The third kappa shape index (κ3) is 6.47. The molecule has 182 valence electrons. The summed E-state index contributed by atoms with van der Waals surface area (Å²) in [6.07, 6.45) is 2.15. The van der Waals surface area contributed by atoms with Gasteiger partial charge in [0.25, 0.3) is 5.91 Å². The third-order valence-electron chi connectivity index (χ3n) is 6.12. The Morgan fingerprint density at radius 3 is 2.29 bits per heavy atom. The van der Waals surface area contributed by atoms with Crippen molar-refractivity contribution in [1.29, 1.82) is 0 Å². The van der Waals surface area contributed by atoms with Crippen LogP contribution < -0.4 is 20.9 Å². The van der Waals surface area contributed by atoms with Crippen LogP contribution in [-0.2, 0) is 6.54 Å². The van der Waals surface area contributed by atoms with Crippen LogP contribution in [0.5, 0.6) is 0 Å². The van der Waals surface area contributed by atoms with Crippen molar-refractivity contribution < 1.29 is 9.59 Å². The Labute approximate surface area is 215 Å². The normalized spacial score (nSPS) is 13.9. The summed E-state index contributed by atoms with van der Waals surface area (Å²) in [6.45, 7) is 4.44. The van der Waals surface area contributed by atoms with Crippen molar-refractivity contribution in [3.05, 3.63) is 87.9 Å². The summed E-state index contributed by atoms with van der Waals surface area (Å²) >= 11 is 12.3. The summed E-state index contributed by atoms with van der Waals surface area (Å²) in [7, 11) is 0. The molecule has 1 aliphatic heterocycles. The zero-order valence-corrected chi connectivity index (χ0v) is 21.0. The zero-order valence-electron chi connectivity index (χ0n) is 19.5. The highest BCUT2D eigenvalue weighted by molar-refractivity contribution is 6.39. The molecule has 3 aromatic rings. The molecule has 35 heavy (non-hydrogen) atoms. The third-order valence-corrected chi connectivity index (χ3v) is 6.75. The number of hydrogen-bond acceptors (Lipinski definition) is 3. The van der Waals surface area contributed by atoms with Crippen LogP contribution in [0.4, 0.5) is 21.9 Å². The number of carbonyl (C=O) groups is 2. The van der Waals surface area contributed by atoms with Gasteiger partial charge in [0.05, 0.1) is 21.3 Å². The Morgan fingerprint density at radius 2 is 1.60 bits per heavy atom. The van der Waals surface area contributed by atoms with Gasteiger partial charge < -0.3 is 20.9 Å². The van der Waals surface area contributed by atoms with E-state index in [0.717, 1.165) is 37.2 Å². The van der Waals surface area contributed by atoms with Crippen molar-refractivity contribution in [2.24, 2.45) is 5.92 Å². The maximum atomic E-state index is 13.3. The lowest BCUT2D eigenvalue weighted by Gasteiger charge is -2.33. The Morgan fingerprint density at radius 1 is 0.914 bits per heavy atom. The van der Waals surface area contributed by atoms with Crippen LogP contribution in [0.15, 0.2) is 66.7 Å². The molecule has 0 unspecified atom stereocenters. The second-order valence-corrected chi connectivity index (χ2v) is 9.56. The highest BCUT2D eigenvalue weighted by atomic mass is 35.5. The number of halogens is 2. The van der Waals surface area contributed by atoms with Crippen molar-refractivity contribution in [3.8, 4) is 0 Å². The first kappa shape index (κ1) is 24.9. The van der Waals surface area contributed by atoms with E-state index in [1.165, 1.54) is 0 Å². The topological polar surface area (TPSA) is 73.5 Å². The highest BCUT2D eigenvalue weighted by Crippen LogP contribution is 2.31. The monoisotopic (exact) mass is 510 g/mol. The zero-order chi connectivity index (χ0) is 24.8. The van der Waals surface area contributed by atoms with Gasteiger partial charge in [-0.05, 0) is 54.7 Å². The van der Waals surface area contributed by atoms with Crippen molar-refractivity contribution in [2.75, 3.05) is 28.6 Å². The summed E-state index contributed by atoms with van der Waals surface area (Å²) < 4.78 is 0. The van der Waals surface area contributed by atoms with Crippen molar-refractivity contribution in [1.82, 2.24) is 5.32 Å². The fourth-order valence-electron chi connectivity index (χ4n) is 4.09.